The van der Waals surface area contributed by atoms with Gasteiger partial charge in [0.1, 0.15) is 14.1 Å². The van der Waals surface area contributed by atoms with Gasteiger partial charge in [0.25, 0.3) is 0 Å². The first-order valence-corrected chi connectivity index (χ1v) is 25.9. The van der Waals surface area contributed by atoms with Gasteiger partial charge in [0.05, 0.1) is 44.0 Å². The van der Waals surface area contributed by atoms with E-state index in [4.69, 9.17) is 0 Å². The molecule has 0 saturated carbocycles. The Balaban J connectivity index is 0.954. The van der Waals surface area contributed by atoms with Crippen molar-refractivity contribution in [3.63, 3.8) is 0 Å². The minimum absolute atomic E-state index is 1.08. The highest BCUT2D eigenvalue weighted by molar-refractivity contribution is 6.19. The van der Waals surface area contributed by atoms with Gasteiger partial charge in [-0.2, -0.15) is 0 Å². The van der Waals surface area contributed by atoms with Crippen LogP contribution in [0.5, 0.6) is 0 Å². The maximum atomic E-state index is 2.48. The van der Waals surface area contributed by atoms with E-state index in [1.807, 2.05) is 0 Å². The third kappa shape index (κ3) is 7.07. The van der Waals surface area contributed by atoms with E-state index < -0.39 is 0 Å². The number of aryl methyl sites for hydroxylation is 2. The minimum atomic E-state index is 1.08. The first-order chi connectivity index (χ1) is 36.9. The molecule has 0 fully saturated rings. The summed E-state index contributed by atoms with van der Waals surface area (Å²) in [5.74, 6) is 0. The van der Waals surface area contributed by atoms with E-state index in [2.05, 4.69) is 300 Å². The predicted octanol–water partition coefficient (Wildman–Crippen LogP) is 16.9. The van der Waals surface area contributed by atoms with Crippen LogP contribution in [0.25, 0.3) is 110 Å². The third-order valence-corrected chi connectivity index (χ3v) is 15.7. The molecule has 356 valence electrons. The summed E-state index contributed by atoms with van der Waals surface area (Å²) in [6.07, 6.45) is 4.36. The molecule has 5 nitrogen and oxygen atoms in total. The van der Waals surface area contributed by atoms with Gasteiger partial charge >= 0.3 is 0 Å². The van der Waals surface area contributed by atoms with Crippen molar-refractivity contribution in [1.29, 1.82) is 0 Å². The lowest BCUT2D eigenvalue weighted by atomic mass is 9.95. The minimum Gasteiger partial charge on any atom is -0.310 e. The fourth-order valence-electron chi connectivity index (χ4n) is 12.1. The summed E-state index contributed by atoms with van der Waals surface area (Å²) in [6.45, 7) is 4.57. The van der Waals surface area contributed by atoms with Crippen LogP contribution in [0.4, 0.5) is 17.1 Å². The molecule has 0 aliphatic rings. The SMILES string of the molecule is Cc1c(-c2c3ccccc3cc[n+]2C)cccc1N(c1ccc(-c2ccc3c(c2)c2cc4c(cc2n3-c2ccccc2)c2ccccc2n4-c2ccccc2)cc1)c1cccc(-c2c3ccccc3cc[n+]2C)c1C. The molecule has 0 unspecified atom stereocenters. The molecule has 4 aromatic heterocycles. The van der Waals surface area contributed by atoms with Crippen molar-refractivity contribution < 1.29 is 9.13 Å². The van der Waals surface area contributed by atoms with E-state index in [0.29, 0.717) is 0 Å². The van der Waals surface area contributed by atoms with E-state index in [1.54, 1.807) is 0 Å². The molecule has 0 N–H and O–H groups in total. The van der Waals surface area contributed by atoms with Gasteiger partial charge in [0.2, 0.25) is 11.4 Å². The van der Waals surface area contributed by atoms with Gasteiger partial charge < -0.3 is 14.0 Å². The third-order valence-electron chi connectivity index (χ3n) is 15.7. The number of para-hydroxylation sites is 3. The Morgan fingerprint density at radius 2 is 0.773 bits per heavy atom. The monoisotopic (exact) mass is 963 g/mol. The number of benzene rings is 10. The fraction of sp³-hybridized carbons (Fsp3) is 0.0571. The maximum Gasteiger partial charge on any atom is 0.220 e. The molecule has 14 aromatic rings. The van der Waals surface area contributed by atoms with Crippen LogP contribution in [0.1, 0.15) is 11.1 Å². The van der Waals surface area contributed by atoms with Gasteiger partial charge in [-0.15, -0.1) is 0 Å². The van der Waals surface area contributed by atoms with Crippen LogP contribution >= 0.6 is 0 Å². The van der Waals surface area contributed by atoms with Gasteiger partial charge in [-0.1, -0.05) is 121 Å². The molecule has 0 bridgehead atoms. The molecular weight excluding hydrogens is 911 g/mol. The Bertz CT molecular complexity index is 4430. The number of rotatable bonds is 8. The van der Waals surface area contributed by atoms with Crippen molar-refractivity contribution in [2.45, 2.75) is 13.8 Å². The topological polar surface area (TPSA) is 20.9 Å². The van der Waals surface area contributed by atoms with E-state index in [1.165, 1.54) is 104 Å². The summed E-state index contributed by atoms with van der Waals surface area (Å²) in [5, 5.41) is 9.82. The highest BCUT2D eigenvalue weighted by atomic mass is 15.1. The molecule has 0 aliphatic heterocycles. The largest absolute Gasteiger partial charge is 0.310 e. The molecule has 0 amide bonds. The molecule has 0 saturated heterocycles. The van der Waals surface area contributed by atoms with Gasteiger partial charge in [-0.3, -0.25) is 0 Å². The van der Waals surface area contributed by atoms with Crippen molar-refractivity contribution in [3.8, 4) is 45.0 Å². The Morgan fingerprint density at radius 3 is 1.32 bits per heavy atom. The summed E-state index contributed by atoms with van der Waals surface area (Å²) < 4.78 is 9.38. The molecule has 4 heterocycles. The van der Waals surface area contributed by atoms with Crippen LogP contribution in [0.3, 0.4) is 0 Å². The number of anilines is 3. The Kier molecular flexibility index (Phi) is 10.3. The van der Waals surface area contributed by atoms with E-state index in [-0.39, 0.29) is 0 Å². The maximum absolute atomic E-state index is 2.48. The van der Waals surface area contributed by atoms with Crippen molar-refractivity contribution in [1.82, 2.24) is 9.13 Å². The second kappa shape index (κ2) is 17.6. The molecular formula is C70H53N5+2. The second-order valence-corrected chi connectivity index (χ2v) is 20.0. The molecule has 75 heavy (non-hydrogen) atoms. The average molecular weight is 964 g/mol. The normalized spacial score (nSPS) is 11.7. The van der Waals surface area contributed by atoms with Crippen molar-refractivity contribution in [2.24, 2.45) is 14.1 Å². The van der Waals surface area contributed by atoms with E-state index in [9.17, 15) is 0 Å². The molecule has 14 rings (SSSR count). The summed E-state index contributed by atoms with van der Waals surface area (Å²) in [4.78, 5) is 2.48. The molecule has 0 aliphatic carbocycles. The first kappa shape index (κ1) is 44.1. The fourth-order valence-corrected chi connectivity index (χ4v) is 12.1. The summed E-state index contributed by atoms with van der Waals surface area (Å²) in [6, 6.07) is 86.8. The van der Waals surface area contributed by atoms with Crippen LogP contribution in [-0.4, -0.2) is 9.13 Å². The molecule has 10 aromatic carbocycles. The van der Waals surface area contributed by atoms with Crippen LogP contribution in [0, 0.1) is 13.8 Å². The Hall–Kier alpha value is -9.58. The predicted molar refractivity (Wildman–Crippen MR) is 313 cm³/mol. The quantitative estimate of drug-likeness (QED) is 0.139. The van der Waals surface area contributed by atoms with Gasteiger partial charge in [0.15, 0.2) is 12.4 Å². The van der Waals surface area contributed by atoms with Gasteiger partial charge in [0, 0.05) is 62.1 Å². The second-order valence-electron chi connectivity index (χ2n) is 20.0. The van der Waals surface area contributed by atoms with Crippen molar-refractivity contribution in [3.05, 3.63) is 260 Å². The molecule has 5 heteroatoms. The zero-order valence-electron chi connectivity index (χ0n) is 42.4. The summed E-state index contributed by atoms with van der Waals surface area (Å²) >= 11 is 0. The first-order valence-electron chi connectivity index (χ1n) is 25.9. The summed E-state index contributed by atoms with van der Waals surface area (Å²) in [5.41, 5.74) is 19.9. The zero-order valence-corrected chi connectivity index (χ0v) is 42.4. The van der Waals surface area contributed by atoms with Crippen LogP contribution < -0.4 is 14.0 Å². The number of fused-ring (bicyclic) bond motifs is 8. The highest BCUT2D eigenvalue weighted by Gasteiger charge is 2.26. The molecule has 0 atom stereocenters. The Morgan fingerprint density at radius 1 is 0.333 bits per heavy atom. The van der Waals surface area contributed by atoms with Crippen LogP contribution in [0.2, 0.25) is 0 Å². The lowest BCUT2D eigenvalue weighted by Crippen LogP contribution is -2.31. The van der Waals surface area contributed by atoms with E-state index >= 15 is 0 Å². The smallest absolute Gasteiger partial charge is 0.220 e. The molecule has 0 radical (unpaired) electrons. The zero-order chi connectivity index (χ0) is 50.3. The lowest BCUT2D eigenvalue weighted by molar-refractivity contribution is -0.659. The number of nitrogens with zero attached hydrogens (tertiary/aromatic N) is 5. The lowest BCUT2D eigenvalue weighted by Gasteiger charge is -2.30. The van der Waals surface area contributed by atoms with Crippen LogP contribution in [0.15, 0.2) is 249 Å². The van der Waals surface area contributed by atoms with Crippen molar-refractivity contribution >= 4 is 82.2 Å². The van der Waals surface area contributed by atoms with E-state index in [0.717, 1.165) is 34.0 Å². The van der Waals surface area contributed by atoms with Crippen molar-refractivity contribution in [2.75, 3.05) is 4.90 Å². The van der Waals surface area contributed by atoms with Gasteiger partial charge in [-0.25, -0.2) is 9.13 Å². The van der Waals surface area contributed by atoms with Crippen LogP contribution in [-0.2, 0) is 14.1 Å². The van der Waals surface area contributed by atoms with Gasteiger partial charge in [-0.05, 0) is 150 Å². The number of hydrogen-bond donors (Lipinski definition) is 0. The standard InChI is InChI=1S/C70H53N5/c1-46-55(69-57-25-13-11-19-49(57)39-41-71(69)3)28-17-31-63(46)73(64-32-18-29-56(47(64)2)70-58-26-14-12-20-50(58)40-42-72(70)4)54-36-33-48(34-37-54)51-35-38-66-60(43-51)62-45-67-61(44-68(62)75(66)53-23-9-6-10-24-53)59-27-15-16-30-65(59)74(67)52-21-7-5-8-22-52/h5-45H,1-4H3/q+2. The molecule has 0 spiro atoms. The number of aromatic nitrogens is 4. The number of pyridine rings is 2. The Labute approximate surface area is 436 Å². The average Bonchev–Trinajstić information content (AvgIpc) is 3.96. The highest BCUT2D eigenvalue weighted by Crippen LogP contribution is 2.45. The summed E-state index contributed by atoms with van der Waals surface area (Å²) in [7, 11) is 4.31. The number of hydrogen-bond acceptors (Lipinski definition) is 1.